The molecule has 2 N–H and O–H groups in total. The number of aliphatic carboxylic acids is 1. The first-order valence-corrected chi connectivity index (χ1v) is 7.01. The summed E-state index contributed by atoms with van der Waals surface area (Å²) in [6.07, 6.45) is -0.161. The van der Waals surface area contributed by atoms with Gasteiger partial charge in [-0.3, -0.25) is 4.79 Å². The van der Waals surface area contributed by atoms with Gasteiger partial charge >= 0.3 is 5.97 Å². The predicted octanol–water partition coefficient (Wildman–Crippen LogP) is 0.599. The summed E-state index contributed by atoms with van der Waals surface area (Å²) >= 11 is 0. The van der Waals surface area contributed by atoms with E-state index in [0.29, 0.717) is 18.8 Å². The number of hydrogen-bond acceptors (Lipinski definition) is 4. The fourth-order valence-corrected chi connectivity index (χ4v) is 3.09. The van der Waals surface area contributed by atoms with E-state index in [9.17, 15) is 19.8 Å². The molecule has 1 aromatic rings. The lowest BCUT2D eigenvalue weighted by atomic mass is 9.91. The number of aliphatic hydroxyl groups excluding tert-OH is 1. The van der Waals surface area contributed by atoms with Gasteiger partial charge in [-0.05, 0) is 12.5 Å². The molecule has 112 valence electrons. The lowest BCUT2D eigenvalue weighted by Crippen LogP contribution is -2.43. The molecule has 0 radical (unpaired) electrons. The Kier molecular flexibility index (Phi) is 3.55. The number of carbonyl (C=O) groups is 2. The monoisotopic (exact) mass is 291 g/mol. The molecule has 3 atom stereocenters. The molecule has 1 fully saturated rings. The highest BCUT2D eigenvalue weighted by molar-refractivity contribution is 5.89. The maximum Gasteiger partial charge on any atom is 0.326 e. The number of carbonyl (C=O) groups excluding carboxylic acids is 1. The molecular formula is C15H17NO5. The van der Waals surface area contributed by atoms with Gasteiger partial charge in [-0.1, -0.05) is 18.2 Å². The van der Waals surface area contributed by atoms with Crippen molar-refractivity contribution < 1.29 is 24.5 Å². The third kappa shape index (κ3) is 2.47. The average molecular weight is 291 g/mol. The zero-order valence-electron chi connectivity index (χ0n) is 11.4. The highest BCUT2D eigenvalue weighted by Gasteiger charge is 2.42. The molecule has 2 aliphatic heterocycles. The minimum Gasteiger partial charge on any atom is -0.493 e. The van der Waals surface area contributed by atoms with E-state index in [1.165, 1.54) is 4.90 Å². The number of benzene rings is 1. The number of hydrogen-bond donors (Lipinski definition) is 2. The Hall–Kier alpha value is -2.08. The smallest absolute Gasteiger partial charge is 0.326 e. The van der Waals surface area contributed by atoms with E-state index in [-0.39, 0.29) is 18.9 Å². The topological polar surface area (TPSA) is 87.1 Å². The molecular weight excluding hydrogens is 274 g/mol. The molecule has 6 heteroatoms. The molecule has 0 saturated carbocycles. The molecule has 1 saturated heterocycles. The Morgan fingerprint density at radius 3 is 2.81 bits per heavy atom. The molecule has 1 aromatic carbocycles. The largest absolute Gasteiger partial charge is 0.493 e. The van der Waals surface area contributed by atoms with Crippen molar-refractivity contribution in [1.82, 2.24) is 4.90 Å². The Morgan fingerprint density at radius 2 is 2.05 bits per heavy atom. The van der Waals surface area contributed by atoms with Gasteiger partial charge in [0.15, 0.2) is 0 Å². The van der Waals surface area contributed by atoms with Crippen molar-refractivity contribution in [2.24, 2.45) is 0 Å². The van der Waals surface area contributed by atoms with E-state index in [4.69, 9.17) is 4.74 Å². The van der Waals surface area contributed by atoms with E-state index < -0.39 is 24.0 Å². The summed E-state index contributed by atoms with van der Waals surface area (Å²) in [5.74, 6) is -1.04. The zero-order chi connectivity index (χ0) is 15.0. The highest BCUT2D eigenvalue weighted by atomic mass is 16.5. The van der Waals surface area contributed by atoms with Crippen LogP contribution in [0.15, 0.2) is 24.3 Å². The van der Waals surface area contributed by atoms with E-state index in [1.54, 1.807) is 0 Å². The van der Waals surface area contributed by atoms with Crippen LogP contribution in [0.2, 0.25) is 0 Å². The Bertz CT molecular complexity index is 573. The number of carboxylic acid groups (broad SMARTS) is 1. The fraction of sp³-hybridized carbons (Fsp3) is 0.467. The van der Waals surface area contributed by atoms with Crippen molar-refractivity contribution in [3.8, 4) is 5.75 Å². The molecule has 2 aliphatic rings. The van der Waals surface area contributed by atoms with Gasteiger partial charge in [0, 0.05) is 18.5 Å². The van der Waals surface area contributed by atoms with Gasteiger partial charge in [0.1, 0.15) is 11.8 Å². The number of aliphatic hydroxyl groups is 1. The molecule has 0 spiro atoms. The molecule has 0 bridgehead atoms. The van der Waals surface area contributed by atoms with Crippen LogP contribution in [-0.4, -0.2) is 52.3 Å². The van der Waals surface area contributed by atoms with Gasteiger partial charge in [-0.2, -0.15) is 0 Å². The summed E-state index contributed by atoms with van der Waals surface area (Å²) in [5.41, 5.74) is 0.791. The molecule has 3 unspecified atom stereocenters. The number of likely N-dealkylation sites (tertiary alicyclic amines) is 1. The maximum absolute atomic E-state index is 12.7. The van der Waals surface area contributed by atoms with Crippen LogP contribution in [0.25, 0.3) is 0 Å². The number of carboxylic acids is 1. The van der Waals surface area contributed by atoms with Crippen LogP contribution in [0, 0.1) is 0 Å². The molecule has 6 nitrogen and oxygen atoms in total. The standard InChI is InChI=1S/C15H17NO5/c17-9-7-12(15(19)20)16(8-9)14(18)11-5-6-21-13-4-2-1-3-10(11)13/h1-4,9,11-12,17H,5-8H2,(H,19,20). The molecule has 21 heavy (non-hydrogen) atoms. The van der Waals surface area contributed by atoms with E-state index >= 15 is 0 Å². The van der Waals surface area contributed by atoms with Crippen LogP contribution in [0.4, 0.5) is 0 Å². The third-order valence-corrected chi connectivity index (χ3v) is 4.10. The summed E-state index contributed by atoms with van der Waals surface area (Å²) < 4.78 is 5.53. The molecule has 3 rings (SSSR count). The normalized spacial score (nSPS) is 27.9. The van der Waals surface area contributed by atoms with Crippen LogP contribution < -0.4 is 4.74 Å². The quantitative estimate of drug-likeness (QED) is 0.833. The van der Waals surface area contributed by atoms with Gasteiger partial charge in [0.05, 0.1) is 18.6 Å². The number of fused-ring (bicyclic) bond motifs is 1. The minimum absolute atomic E-state index is 0.0787. The number of ether oxygens (including phenoxy) is 1. The minimum atomic E-state index is -1.07. The van der Waals surface area contributed by atoms with E-state index in [0.717, 1.165) is 5.56 Å². The number of nitrogens with zero attached hydrogens (tertiary/aromatic N) is 1. The van der Waals surface area contributed by atoms with E-state index in [1.807, 2.05) is 24.3 Å². The van der Waals surface area contributed by atoms with Gasteiger partial charge in [-0.25, -0.2) is 4.79 Å². The van der Waals surface area contributed by atoms with Crippen molar-refractivity contribution in [3.63, 3.8) is 0 Å². The maximum atomic E-state index is 12.7. The van der Waals surface area contributed by atoms with Crippen LogP contribution in [0.5, 0.6) is 5.75 Å². The molecule has 0 aliphatic carbocycles. The zero-order valence-corrected chi connectivity index (χ0v) is 11.4. The van der Waals surface area contributed by atoms with Crippen molar-refractivity contribution in [2.75, 3.05) is 13.2 Å². The van der Waals surface area contributed by atoms with Crippen LogP contribution >= 0.6 is 0 Å². The second-order valence-corrected chi connectivity index (χ2v) is 5.46. The number of amides is 1. The summed E-state index contributed by atoms with van der Waals surface area (Å²) in [7, 11) is 0. The first-order valence-electron chi connectivity index (χ1n) is 7.01. The number of β-amino-alcohol motifs (C(OH)–C–C–N with tert-alkyl or cyclic N) is 1. The van der Waals surface area contributed by atoms with Crippen molar-refractivity contribution in [2.45, 2.75) is 30.9 Å². The summed E-state index contributed by atoms with van der Waals surface area (Å²) in [5, 5.41) is 18.9. The molecule has 1 amide bonds. The van der Waals surface area contributed by atoms with Gasteiger partial charge < -0.3 is 19.8 Å². The second kappa shape index (κ2) is 5.37. The van der Waals surface area contributed by atoms with Crippen LogP contribution in [-0.2, 0) is 9.59 Å². The summed E-state index contributed by atoms with van der Waals surface area (Å²) in [6.45, 7) is 0.511. The summed E-state index contributed by atoms with van der Waals surface area (Å²) in [4.78, 5) is 25.3. The third-order valence-electron chi connectivity index (χ3n) is 4.10. The van der Waals surface area contributed by atoms with Crippen molar-refractivity contribution >= 4 is 11.9 Å². The second-order valence-electron chi connectivity index (χ2n) is 5.46. The fourth-order valence-electron chi connectivity index (χ4n) is 3.09. The molecule has 0 aromatic heterocycles. The first-order chi connectivity index (χ1) is 10.1. The highest BCUT2D eigenvalue weighted by Crippen LogP contribution is 2.36. The Morgan fingerprint density at radius 1 is 1.29 bits per heavy atom. The van der Waals surface area contributed by atoms with Crippen molar-refractivity contribution in [1.29, 1.82) is 0 Å². The van der Waals surface area contributed by atoms with Gasteiger partial charge in [0.25, 0.3) is 0 Å². The van der Waals surface area contributed by atoms with Gasteiger partial charge in [0.2, 0.25) is 5.91 Å². The Balaban J connectivity index is 1.87. The first kappa shape index (κ1) is 13.9. The van der Waals surface area contributed by atoms with Gasteiger partial charge in [-0.15, -0.1) is 0 Å². The SMILES string of the molecule is O=C(O)C1CC(O)CN1C(=O)C1CCOc2ccccc21. The summed E-state index contributed by atoms with van der Waals surface area (Å²) in [6, 6.07) is 6.37. The molecule has 2 heterocycles. The van der Waals surface area contributed by atoms with Crippen molar-refractivity contribution in [3.05, 3.63) is 29.8 Å². The lowest BCUT2D eigenvalue weighted by Gasteiger charge is -2.30. The van der Waals surface area contributed by atoms with E-state index in [2.05, 4.69) is 0 Å². The average Bonchev–Trinajstić information content (AvgIpc) is 2.88. The van der Waals surface area contributed by atoms with Crippen LogP contribution in [0.1, 0.15) is 24.3 Å². The number of para-hydroxylation sites is 1. The predicted molar refractivity (Wildman–Crippen MR) is 73.1 cm³/mol. The number of rotatable bonds is 2. The van der Waals surface area contributed by atoms with Crippen LogP contribution in [0.3, 0.4) is 0 Å². The lowest BCUT2D eigenvalue weighted by molar-refractivity contribution is -0.149. The Labute approximate surface area is 121 Å².